The zero-order chi connectivity index (χ0) is 9.35. The first-order valence-electron chi connectivity index (χ1n) is 5.52. The molecule has 0 aromatic rings. The van der Waals surface area contributed by atoms with Gasteiger partial charge in [0.05, 0.1) is 0 Å². The fourth-order valence-corrected chi connectivity index (χ4v) is 2.59. The summed E-state index contributed by atoms with van der Waals surface area (Å²) in [6.45, 7) is 11.9. The first kappa shape index (κ1) is 10.1. The molecule has 3 atom stereocenters. The Balaban J connectivity index is 2.40. The molecule has 0 aromatic carbocycles. The molecule has 72 valence electrons. The molecule has 0 nitrogen and oxygen atoms in total. The lowest BCUT2D eigenvalue weighted by molar-refractivity contribution is 0.303. The maximum Gasteiger partial charge on any atom is -0.0269 e. The topological polar surface area (TPSA) is 0 Å². The van der Waals surface area contributed by atoms with Crippen LogP contribution in [-0.2, 0) is 0 Å². The Morgan fingerprint density at radius 1 is 1.33 bits per heavy atom. The normalized spacial score (nSPS) is 37.0. The van der Waals surface area contributed by atoms with Gasteiger partial charge < -0.3 is 0 Å². The second-order valence-corrected chi connectivity index (χ2v) is 5.24. The van der Waals surface area contributed by atoms with Crippen molar-refractivity contribution in [2.24, 2.45) is 23.2 Å². The van der Waals surface area contributed by atoms with Crippen molar-refractivity contribution < 1.29 is 0 Å². The molecule has 0 saturated heterocycles. The third-order valence-electron chi connectivity index (χ3n) is 4.10. The summed E-state index contributed by atoms with van der Waals surface area (Å²) < 4.78 is 0. The molecule has 0 aliphatic heterocycles. The van der Waals surface area contributed by atoms with Crippen LogP contribution in [0.15, 0.2) is 0 Å². The Bertz CT molecular complexity index is 148. The summed E-state index contributed by atoms with van der Waals surface area (Å²) in [4.78, 5) is 0. The molecule has 0 spiro atoms. The molecule has 1 aliphatic rings. The number of rotatable bonds is 4. The lowest BCUT2D eigenvalue weighted by Gasteiger charge is -2.19. The van der Waals surface area contributed by atoms with Gasteiger partial charge in [-0.15, -0.1) is 0 Å². The average molecular weight is 168 g/mol. The zero-order valence-corrected chi connectivity index (χ0v) is 9.35. The van der Waals surface area contributed by atoms with Crippen LogP contribution in [0.4, 0.5) is 0 Å². The molecule has 0 amide bonds. The van der Waals surface area contributed by atoms with Gasteiger partial charge in [0, 0.05) is 0 Å². The molecule has 1 fully saturated rings. The van der Waals surface area contributed by atoms with Crippen LogP contribution >= 0.6 is 0 Å². The third-order valence-corrected chi connectivity index (χ3v) is 4.10. The predicted octanol–water partition coefficient (Wildman–Crippen LogP) is 4.10. The Morgan fingerprint density at radius 3 is 2.25 bits per heavy atom. The molecule has 12 heavy (non-hydrogen) atoms. The minimum atomic E-state index is 0.689. The Kier molecular flexibility index (Phi) is 2.85. The van der Waals surface area contributed by atoms with Crippen LogP contribution in [-0.4, -0.2) is 0 Å². The first-order valence-corrected chi connectivity index (χ1v) is 5.52. The summed E-state index contributed by atoms with van der Waals surface area (Å²) in [6.07, 6.45) is 4.25. The molecule has 1 aliphatic carbocycles. The molecule has 0 N–H and O–H groups in total. The van der Waals surface area contributed by atoms with Gasteiger partial charge in [0.15, 0.2) is 0 Å². The van der Waals surface area contributed by atoms with Gasteiger partial charge in [-0.25, -0.2) is 0 Å². The van der Waals surface area contributed by atoms with Crippen molar-refractivity contribution in [3.63, 3.8) is 0 Å². The quantitative estimate of drug-likeness (QED) is 0.592. The molecule has 0 aromatic heterocycles. The maximum absolute atomic E-state index is 2.47. The average Bonchev–Trinajstić information content (AvgIpc) is 2.65. The van der Waals surface area contributed by atoms with Crippen LogP contribution in [0.25, 0.3) is 0 Å². The van der Waals surface area contributed by atoms with E-state index in [1.807, 2.05) is 0 Å². The molecule has 3 unspecified atom stereocenters. The van der Waals surface area contributed by atoms with Gasteiger partial charge in [0.25, 0.3) is 0 Å². The van der Waals surface area contributed by atoms with Crippen molar-refractivity contribution in [1.82, 2.24) is 0 Å². The maximum atomic E-state index is 2.47. The van der Waals surface area contributed by atoms with Crippen LogP contribution in [0.5, 0.6) is 0 Å². The predicted molar refractivity (Wildman–Crippen MR) is 55.1 cm³/mol. The van der Waals surface area contributed by atoms with E-state index in [9.17, 15) is 0 Å². The molecule has 1 saturated carbocycles. The second kappa shape index (κ2) is 3.40. The lowest BCUT2D eigenvalue weighted by Crippen LogP contribution is -2.11. The van der Waals surface area contributed by atoms with Crippen LogP contribution in [0, 0.1) is 23.2 Å². The zero-order valence-electron chi connectivity index (χ0n) is 9.35. The summed E-state index contributed by atoms with van der Waals surface area (Å²) >= 11 is 0. The van der Waals surface area contributed by atoms with Gasteiger partial charge in [-0.05, 0) is 29.6 Å². The highest BCUT2D eigenvalue weighted by Crippen LogP contribution is 2.61. The monoisotopic (exact) mass is 168 g/mol. The minimum Gasteiger partial charge on any atom is -0.0654 e. The van der Waals surface area contributed by atoms with Gasteiger partial charge in [0.2, 0.25) is 0 Å². The highest BCUT2D eigenvalue weighted by molar-refractivity contribution is 5.02. The van der Waals surface area contributed by atoms with E-state index in [2.05, 4.69) is 34.6 Å². The molecular formula is C12H24. The van der Waals surface area contributed by atoms with E-state index in [1.165, 1.54) is 19.3 Å². The summed E-state index contributed by atoms with van der Waals surface area (Å²) in [5.74, 6) is 2.86. The molecule has 0 heterocycles. The van der Waals surface area contributed by atoms with Gasteiger partial charge >= 0.3 is 0 Å². The molecular weight excluding hydrogens is 144 g/mol. The van der Waals surface area contributed by atoms with Gasteiger partial charge in [-0.2, -0.15) is 0 Å². The van der Waals surface area contributed by atoms with E-state index in [0.717, 1.165) is 17.8 Å². The van der Waals surface area contributed by atoms with E-state index in [4.69, 9.17) is 0 Å². The van der Waals surface area contributed by atoms with Gasteiger partial charge in [0.1, 0.15) is 0 Å². The van der Waals surface area contributed by atoms with Crippen LogP contribution < -0.4 is 0 Å². The minimum absolute atomic E-state index is 0.689. The van der Waals surface area contributed by atoms with Crippen molar-refractivity contribution in [2.45, 2.75) is 53.9 Å². The molecule has 0 heteroatoms. The Morgan fingerprint density at radius 2 is 1.92 bits per heavy atom. The Hall–Kier alpha value is 0. The van der Waals surface area contributed by atoms with Crippen molar-refractivity contribution in [3.8, 4) is 0 Å². The van der Waals surface area contributed by atoms with E-state index >= 15 is 0 Å². The van der Waals surface area contributed by atoms with Crippen LogP contribution in [0.3, 0.4) is 0 Å². The molecule has 1 rings (SSSR count). The standard InChI is InChI=1S/C12H24/c1-6-7-10(4)11-8-12(11,5)9(2)3/h9-11H,6-8H2,1-5H3. The van der Waals surface area contributed by atoms with Crippen LogP contribution in [0.1, 0.15) is 53.9 Å². The number of hydrogen-bond donors (Lipinski definition) is 0. The largest absolute Gasteiger partial charge is 0.0654 e. The summed E-state index contributed by atoms with van der Waals surface area (Å²) in [5.41, 5.74) is 0.689. The number of hydrogen-bond acceptors (Lipinski definition) is 0. The van der Waals surface area contributed by atoms with E-state index in [1.54, 1.807) is 0 Å². The summed E-state index contributed by atoms with van der Waals surface area (Å²) in [6, 6.07) is 0. The van der Waals surface area contributed by atoms with Crippen LogP contribution in [0.2, 0.25) is 0 Å². The van der Waals surface area contributed by atoms with Crippen molar-refractivity contribution in [1.29, 1.82) is 0 Å². The van der Waals surface area contributed by atoms with Crippen molar-refractivity contribution >= 4 is 0 Å². The lowest BCUT2D eigenvalue weighted by atomic mass is 9.86. The summed E-state index contributed by atoms with van der Waals surface area (Å²) in [5, 5.41) is 0. The van der Waals surface area contributed by atoms with E-state index in [-0.39, 0.29) is 0 Å². The smallest absolute Gasteiger partial charge is 0.0269 e. The van der Waals surface area contributed by atoms with Crippen molar-refractivity contribution in [3.05, 3.63) is 0 Å². The first-order chi connectivity index (χ1) is 5.52. The van der Waals surface area contributed by atoms with E-state index in [0.29, 0.717) is 5.41 Å². The highest BCUT2D eigenvalue weighted by atomic mass is 14.6. The summed E-state index contributed by atoms with van der Waals surface area (Å²) in [7, 11) is 0. The molecule has 0 bridgehead atoms. The molecule has 0 radical (unpaired) electrons. The van der Waals surface area contributed by atoms with Gasteiger partial charge in [-0.1, -0.05) is 47.5 Å². The fraction of sp³-hybridized carbons (Fsp3) is 1.00. The fourth-order valence-electron chi connectivity index (χ4n) is 2.59. The van der Waals surface area contributed by atoms with Crippen molar-refractivity contribution in [2.75, 3.05) is 0 Å². The Labute approximate surface area is 77.7 Å². The van der Waals surface area contributed by atoms with Gasteiger partial charge in [-0.3, -0.25) is 0 Å². The van der Waals surface area contributed by atoms with E-state index < -0.39 is 0 Å². The highest BCUT2D eigenvalue weighted by Gasteiger charge is 2.53. The SMILES string of the molecule is CCCC(C)C1CC1(C)C(C)C. The second-order valence-electron chi connectivity index (χ2n) is 5.24. The third kappa shape index (κ3) is 1.67.